The Morgan fingerprint density at radius 1 is 1.32 bits per heavy atom. The number of carbonyl (C=O) groups excluding carboxylic acids is 1. The maximum absolute atomic E-state index is 13.6. The van der Waals surface area contributed by atoms with Crippen LogP contribution in [-0.4, -0.2) is 46.1 Å². The third-order valence-electron chi connectivity index (χ3n) is 4.26. The third-order valence-corrected chi connectivity index (χ3v) is 4.26. The molecule has 0 spiro atoms. The maximum Gasteiger partial charge on any atom is 0.272 e. The molecule has 1 amide bonds. The molecule has 1 aromatic carbocycles. The molecule has 0 bridgehead atoms. The van der Waals surface area contributed by atoms with Gasteiger partial charge in [-0.2, -0.15) is 0 Å². The molecule has 5 nitrogen and oxygen atoms in total. The minimum absolute atomic E-state index is 0.0670. The molecule has 3 rings (SSSR count). The Labute approximate surface area is 144 Å². The third kappa shape index (κ3) is 4.37. The molecule has 132 valence electrons. The van der Waals surface area contributed by atoms with Gasteiger partial charge in [-0.3, -0.25) is 9.69 Å². The van der Waals surface area contributed by atoms with Crippen LogP contribution in [0, 0.1) is 11.6 Å². The fourth-order valence-electron chi connectivity index (χ4n) is 3.06. The van der Waals surface area contributed by atoms with Crippen LogP contribution in [0.1, 0.15) is 22.5 Å². The summed E-state index contributed by atoms with van der Waals surface area (Å²) in [6, 6.07) is 10.4. The Kier molecular flexibility index (Phi) is 5.35. The van der Waals surface area contributed by atoms with Crippen LogP contribution in [0.4, 0.5) is 8.78 Å². The molecule has 25 heavy (non-hydrogen) atoms. The summed E-state index contributed by atoms with van der Waals surface area (Å²) in [5.41, 5.74) is 0.675. The van der Waals surface area contributed by atoms with Crippen LogP contribution in [0.25, 0.3) is 0 Å². The van der Waals surface area contributed by atoms with E-state index in [1.807, 2.05) is 30.3 Å². The second kappa shape index (κ2) is 7.67. The second-order valence-corrected chi connectivity index (χ2v) is 6.15. The second-order valence-electron chi connectivity index (χ2n) is 6.15. The van der Waals surface area contributed by atoms with Gasteiger partial charge in [0.25, 0.3) is 5.91 Å². The van der Waals surface area contributed by atoms with E-state index in [9.17, 15) is 18.7 Å². The Morgan fingerprint density at radius 3 is 2.80 bits per heavy atom. The quantitative estimate of drug-likeness (QED) is 0.865. The molecular weight excluding hydrogens is 328 g/mol. The van der Waals surface area contributed by atoms with Crippen molar-refractivity contribution >= 4 is 5.91 Å². The van der Waals surface area contributed by atoms with Crippen LogP contribution in [-0.2, 0) is 6.54 Å². The average molecular weight is 347 g/mol. The lowest BCUT2D eigenvalue weighted by molar-refractivity contribution is 0.0930. The predicted molar refractivity (Wildman–Crippen MR) is 87.8 cm³/mol. The zero-order valence-corrected chi connectivity index (χ0v) is 13.5. The Bertz CT molecular complexity index is 742. The van der Waals surface area contributed by atoms with E-state index in [1.54, 1.807) is 0 Å². The molecule has 2 aromatic rings. The van der Waals surface area contributed by atoms with Crippen molar-refractivity contribution in [3.05, 3.63) is 65.5 Å². The number of nitrogens with one attached hydrogen (secondary N) is 1. The molecule has 2 heterocycles. The van der Waals surface area contributed by atoms with Crippen molar-refractivity contribution in [3.8, 4) is 0 Å². The normalized spacial score (nSPS) is 20.6. The number of β-amino-alcohol motifs (C(OH)–C–C–N with tert-alkyl or cyclic N) is 1. The number of nitrogens with zero attached hydrogens (tertiary/aromatic N) is 2. The van der Waals surface area contributed by atoms with Crippen molar-refractivity contribution in [3.63, 3.8) is 0 Å². The first-order valence-electron chi connectivity index (χ1n) is 8.08. The van der Waals surface area contributed by atoms with Crippen molar-refractivity contribution in [2.75, 3.05) is 13.1 Å². The molecule has 0 radical (unpaired) electrons. The topological polar surface area (TPSA) is 65.5 Å². The highest BCUT2D eigenvalue weighted by atomic mass is 19.1. The molecule has 1 aliphatic heterocycles. The molecule has 1 aliphatic rings. The van der Waals surface area contributed by atoms with Crippen LogP contribution < -0.4 is 5.32 Å². The molecule has 7 heteroatoms. The summed E-state index contributed by atoms with van der Waals surface area (Å²) in [5.74, 6) is -2.52. The number of amides is 1. The number of likely N-dealkylation sites (tertiary alicyclic amines) is 1. The molecule has 0 saturated carbocycles. The summed E-state index contributed by atoms with van der Waals surface area (Å²) < 4.78 is 26.5. The maximum atomic E-state index is 13.6. The number of benzene rings is 1. The molecule has 1 saturated heterocycles. The first kappa shape index (κ1) is 17.4. The number of rotatable bonds is 5. The molecular formula is C18H19F2N3O2. The van der Waals surface area contributed by atoms with Gasteiger partial charge in [0.2, 0.25) is 0 Å². The first-order valence-corrected chi connectivity index (χ1v) is 8.08. The molecule has 0 aliphatic carbocycles. The van der Waals surface area contributed by atoms with E-state index in [0.29, 0.717) is 25.6 Å². The van der Waals surface area contributed by atoms with Crippen molar-refractivity contribution in [2.24, 2.45) is 0 Å². The van der Waals surface area contributed by atoms with Gasteiger partial charge in [-0.25, -0.2) is 13.8 Å². The van der Waals surface area contributed by atoms with Crippen molar-refractivity contribution in [1.29, 1.82) is 0 Å². The predicted octanol–water partition coefficient (Wildman–Crippen LogP) is 1.72. The number of hydrogen-bond donors (Lipinski definition) is 2. The number of aliphatic hydroxyl groups excluding tert-OH is 1. The van der Waals surface area contributed by atoms with E-state index in [-0.39, 0.29) is 12.6 Å². The number of hydrogen-bond acceptors (Lipinski definition) is 4. The van der Waals surface area contributed by atoms with E-state index >= 15 is 0 Å². The van der Waals surface area contributed by atoms with E-state index in [0.717, 1.165) is 11.8 Å². The van der Waals surface area contributed by atoms with E-state index < -0.39 is 29.3 Å². The Hall–Kier alpha value is -2.38. The molecule has 2 unspecified atom stereocenters. The van der Waals surface area contributed by atoms with Crippen molar-refractivity contribution in [1.82, 2.24) is 15.2 Å². The summed E-state index contributed by atoms with van der Waals surface area (Å²) in [5, 5.41) is 12.6. The lowest BCUT2D eigenvalue weighted by Gasteiger charge is -2.24. The number of aromatic nitrogens is 1. The summed E-state index contributed by atoms with van der Waals surface area (Å²) >= 11 is 0. The first-order chi connectivity index (χ1) is 12.0. The van der Waals surface area contributed by atoms with Crippen LogP contribution in [0.15, 0.2) is 42.6 Å². The van der Waals surface area contributed by atoms with Gasteiger partial charge in [-0.15, -0.1) is 0 Å². The van der Waals surface area contributed by atoms with Crippen molar-refractivity contribution in [2.45, 2.75) is 25.1 Å². The van der Waals surface area contributed by atoms with Gasteiger partial charge in [0, 0.05) is 31.7 Å². The highest BCUT2D eigenvalue weighted by molar-refractivity contribution is 5.92. The van der Waals surface area contributed by atoms with E-state index in [4.69, 9.17) is 0 Å². The van der Waals surface area contributed by atoms with Crippen LogP contribution in [0.5, 0.6) is 0 Å². The summed E-state index contributed by atoms with van der Waals surface area (Å²) in [6.45, 7) is 1.42. The zero-order valence-electron chi connectivity index (χ0n) is 13.5. The largest absolute Gasteiger partial charge is 0.392 e. The Morgan fingerprint density at radius 2 is 2.08 bits per heavy atom. The summed E-state index contributed by atoms with van der Waals surface area (Å²) in [6.07, 6.45) is 0.858. The molecule has 1 fully saturated rings. The number of carbonyl (C=O) groups is 1. The summed E-state index contributed by atoms with van der Waals surface area (Å²) in [7, 11) is 0. The van der Waals surface area contributed by atoms with Gasteiger partial charge >= 0.3 is 0 Å². The lowest BCUT2D eigenvalue weighted by Crippen LogP contribution is -2.40. The number of halogens is 2. The molecule has 1 aromatic heterocycles. The van der Waals surface area contributed by atoms with E-state index in [1.165, 1.54) is 0 Å². The molecule has 2 atom stereocenters. The standard InChI is InChI=1S/C18H19F2N3O2/c19-13-6-16(20)17(21-8-13)18(25)22-9-14-7-15(24)11-23(14)10-12-4-2-1-3-5-12/h1-6,8,14-15,24H,7,9-11H2,(H,22,25). The minimum atomic E-state index is -0.995. The minimum Gasteiger partial charge on any atom is -0.392 e. The lowest BCUT2D eigenvalue weighted by atomic mass is 10.1. The van der Waals surface area contributed by atoms with Gasteiger partial charge in [-0.05, 0) is 12.0 Å². The average Bonchev–Trinajstić information content (AvgIpc) is 2.93. The van der Waals surface area contributed by atoms with Gasteiger partial charge in [-0.1, -0.05) is 30.3 Å². The van der Waals surface area contributed by atoms with Crippen LogP contribution in [0.2, 0.25) is 0 Å². The van der Waals surface area contributed by atoms with Crippen molar-refractivity contribution < 1.29 is 18.7 Å². The Balaban J connectivity index is 1.61. The van der Waals surface area contributed by atoms with Gasteiger partial charge in [0.1, 0.15) is 5.82 Å². The zero-order chi connectivity index (χ0) is 17.8. The highest BCUT2D eigenvalue weighted by Crippen LogP contribution is 2.20. The SMILES string of the molecule is O=C(NCC1CC(O)CN1Cc1ccccc1)c1ncc(F)cc1F. The van der Waals surface area contributed by atoms with Gasteiger partial charge in [0.15, 0.2) is 11.5 Å². The number of aliphatic hydroxyl groups is 1. The smallest absolute Gasteiger partial charge is 0.272 e. The van der Waals surface area contributed by atoms with E-state index in [2.05, 4.69) is 15.2 Å². The highest BCUT2D eigenvalue weighted by Gasteiger charge is 2.31. The van der Waals surface area contributed by atoms with Gasteiger partial charge in [0.05, 0.1) is 12.3 Å². The van der Waals surface area contributed by atoms with Crippen LogP contribution in [0.3, 0.4) is 0 Å². The summed E-state index contributed by atoms with van der Waals surface area (Å²) in [4.78, 5) is 17.6. The van der Waals surface area contributed by atoms with Gasteiger partial charge < -0.3 is 10.4 Å². The molecule has 2 N–H and O–H groups in total. The fraction of sp³-hybridized carbons (Fsp3) is 0.333. The fourth-order valence-corrected chi connectivity index (χ4v) is 3.06. The monoisotopic (exact) mass is 347 g/mol. The van der Waals surface area contributed by atoms with Crippen LogP contribution >= 0.6 is 0 Å². The number of pyridine rings is 1.